The first kappa shape index (κ1) is 20.8. The van der Waals surface area contributed by atoms with E-state index in [1.165, 1.54) is 18.1 Å². The molecule has 152 valence electrons. The van der Waals surface area contributed by atoms with Crippen LogP contribution in [-0.2, 0) is 13.1 Å². The Labute approximate surface area is 171 Å². The van der Waals surface area contributed by atoms with Gasteiger partial charge in [0.1, 0.15) is 24.2 Å². The van der Waals surface area contributed by atoms with Crippen LogP contribution in [0.1, 0.15) is 34.2 Å². The molecule has 0 fully saturated rings. The van der Waals surface area contributed by atoms with Gasteiger partial charge in [-0.05, 0) is 55.8 Å². The summed E-state index contributed by atoms with van der Waals surface area (Å²) in [5.74, 6) is 1.50. The lowest BCUT2D eigenvalue weighted by Crippen LogP contribution is -2.35. The molecule has 3 aromatic rings. The number of rotatable bonds is 10. The molecule has 1 N–H and O–H groups in total. The van der Waals surface area contributed by atoms with Gasteiger partial charge in [-0.1, -0.05) is 29.8 Å². The molecular formula is C24H27NO4. The van der Waals surface area contributed by atoms with E-state index < -0.39 is 6.10 Å². The topological polar surface area (TPSA) is 62.9 Å². The van der Waals surface area contributed by atoms with Gasteiger partial charge in [0.15, 0.2) is 5.78 Å². The molecule has 0 aliphatic rings. The SMILES string of the molecule is CC(=O)c1ccc(OCC(O)CN(Cc2ccc(C)cc2)Cc2ccco2)cc1. The summed E-state index contributed by atoms with van der Waals surface area (Å²) in [6.07, 6.45) is 0.992. The van der Waals surface area contributed by atoms with Crippen LogP contribution in [0.5, 0.6) is 5.75 Å². The van der Waals surface area contributed by atoms with Gasteiger partial charge in [-0.15, -0.1) is 0 Å². The van der Waals surface area contributed by atoms with Crippen LogP contribution in [0, 0.1) is 6.92 Å². The molecule has 1 aromatic heterocycles. The Balaban J connectivity index is 1.58. The largest absolute Gasteiger partial charge is 0.491 e. The number of nitrogens with zero attached hydrogens (tertiary/aromatic N) is 1. The average molecular weight is 393 g/mol. The van der Waals surface area contributed by atoms with Gasteiger partial charge in [-0.2, -0.15) is 0 Å². The lowest BCUT2D eigenvalue weighted by molar-refractivity contribution is 0.0604. The van der Waals surface area contributed by atoms with E-state index in [0.29, 0.717) is 30.9 Å². The highest BCUT2D eigenvalue weighted by Gasteiger charge is 2.15. The molecule has 1 heterocycles. The zero-order valence-corrected chi connectivity index (χ0v) is 16.9. The summed E-state index contributed by atoms with van der Waals surface area (Å²) in [6, 6.07) is 19.1. The second-order valence-electron chi connectivity index (χ2n) is 7.28. The van der Waals surface area contributed by atoms with Crippen LogP contribution in [-0.4, -0.2) is 35.0 Å². The van der Waals surface area contributed by atoms with Crippen molar-refractivity contribution >= 4 is 5.78 Å². The minimum Gasteiger partial charge on any atom is -0.491 e. The third kappa shape index (κ3) is 6.59. The van der Waals surface area contributed by atoms with Gasteiger partial charge >= 0.3 is 0 Å². The maximum atomic E-state index is 11.3. The van der Waals surface area contributed by atoms with E-state index >= 15 is 0 Å². The molecule has 1 atom stereocenters. The average Bonchev–Trinajstić information content (AvgIpc) is 3.21. The van der Waals surface area contributed by atoms with E-state index in [-0.39, 0.29) is 12.4 Å². The highest BCUT2D eigenvalue weighted by molar-refractivity contribution is 5.94. The molecule has 2 aromatic carbocycles. The number of aryl methyl sites for hydroxylation is 1. The molecule has 1 unspecified atom stereocenters. The summed E-state index contributed by atoms with van der Waals surface area (Å²) >= 11 is 0. The van der Waals surface area contributed by atoms with E-state index in [1.54, 1.807) is 30.5 Å². The minimum atomic E-state index is -0.664. The summed E-state index contributed by atoms with van der Waals surface area (Å²) in [7, 11) is 0. The summed E-state index contributed by atoms with van der Waals surface area (Å²) in [6.45, 7) is 5.51. The number of hydrogen-bond donors (Lipinski definition) is 1. The van der Waals surface area contributed by atoms with Gasteiger partial charge in [0.25, 0.3) is 0 Å². The Morgan fingerprint density at radius 1 is 1.07 bits per heavy atom. The quantitative estimate of drug-likeness (QED) is 0.522. The van der Waals surface area contributed by atoms with E-state index in [4.69, 9.17) is 9.15 Å². The Hall–Kier alpha value is -2.89. The van der Waals surface area contributed by atoms with Crippen molar-refractivity contribution < 1.29 is 19.1 Å². The van der Waals surface area contributed by atoms with Crippen molar-refractivity contribution in [2.45, 2.75) is 33.0 Å². The van der Waals surface area contributed by atoms with Crippen LogP contribution in [0.2, 0.25) is 0 Å². The fraction of sp³-hybridized carbons (Fsp3) is 0.292. The van der Waals surface area contributed by atoms with Crippen molar-refractivity contribution in [3.63, 3.8) is 0 Å². The van der Waals surface area contributed by atoms with E-state index in [9.17, 15) is 9.90 Å². The second kappa shape index (κ2) is 10.0. The molecule has 0 amide bonds. The lowest BCUT2D eigenvalue weighted by Gasteiger charge is -2.24. The molecular weight excluding hydrogens is 366 g/mol. The molecule has 3 rings (SSSR count). The standard InChI is InChI=1S/C24H27NO4/c1-18-5-7-20(8-6-18)14-25(16-24-4-3-13-28-24)15-22(27)17-29-23-11-9-21(10-12-23)19(2)26/h3-13,22,27H,14-17H2,1-2H3. The number of hydrogen-bond acceptors (Lipinski definition) is 5. The zero-order chi connectivity index (χ0) is 20.6. The fourth-order valence-corrected chi connectivity index (χ4v) is 3.09. The summed E-state index contributed by atoms with van der Waals surface area (Å²) in [5.41, 5.74) is 3.03. The highest BCUT2D eigenvalue weighted by atomic mass is 16.5. The Morgan fingerprint density at radius 3 is 2.41 bits per heavy atom. The maximum absolute atomic E-state index is 11.3. The fourth-order valence-electron chi connectivity index (χ4n) is 3.09. The van der Waals surface area contributed by atoms with Crippen LogP contribution in [0.3, 0.4) is 0 Å². The van der Waals surface area contributed by atoms with Crippen LogP contribution < -0.4 is 4.74 Å². The van der Waals surface area contributed by atoms with Gasteiger partial charge in [-0.25, -0.2) is 0 Å². The summed E-state index contributed by atoms with van der Waals surface area (Å²) in [4.78, 5) is 13.5. The Morgan fingerprint density at radius 2 is 1.79 bits per heavy atom. The van der Waals surface area contributed by atoms with Gasteiger partial charge in [0.2, 0.25) is 0 Å². The molecule has 0 saturated heterocycles. The molecule has 5 nitrogen and oxygen atoms in total. The Bertz CT molecular complexity index is 886. The number of Topliss-reactive ketones (excluding diaryl/α,β-unsaturated/α-hetero) is 1. The number of carbonyl (C=O) groups is 1. The van der Waals surface area contributed by atoms with Crippen molar-refractivity contribution in [1.29, 1.82) is 0 Å². The van der Waals surface area contributed by atoms with E-state index in [1.807, 2.05) is 12.1 Å². The predicted molar refractivity (Wildman–Crippen MR) is 112 cm³/mol. The molecule has 0 radical (unpaired) electrons. The van der Waals surface area contributed by atoms with Crippen LogP contribution in [0.15, 0.2) is 71.3 Å². The lowest BCUT2D eigenvalue weighted by atomic mass is 10.1. The van der Waals surface area contributed by atoms with Crippen LogP contribution >= 0.6 is 0 Å². The first-order valence-electron chi connectivity index (χ1n) is 9.72. The number of aliphatic hydroxyl groups is 1. The Kier molecular flexibility index (Phi) is 7.22. The van der Waals surface area contributed by atoms with Crippen molar-refractivity contribution in [3.05, 3.63) is 89.4 Å². The second-order valence-corrected chi connectivity index (χ2v) is 7.28. The third-order valence-corrected chi connectivity index (χ3v) is 4.66. The molecule has 29 heavy (non-hydrogen) atoms. The van der Waals surface area contributed by atoms with Crippen LogP contribution in [0.25, 0.3) is 0 Å². The molecule has 0 aliphatic heterocycles. The smallest absolute Gasteiger partial charge is 0.159 e. The number of benzene rings is 2. The maximum Gasteiger partial charge on any atom is 0.159 e. The summed E-state index contributed by atoms with van der Waals surface area (Å²) < 4.78 is 11.2. The first-order valence-corrected chi connectivity index (χ1v) is 9.72. The molecule has 0 aliphatic carbocycles. The number of carbonyl (C=O) groups excluding carboxylic acids is 1. The van der Waals surface area contributed by atoms with Crippen molar-refractivity contribution in [2.24, 2.45) is 0 Å². The number of aliphatic hydroxyl groups excluding tert-OH is 1. The minimum absolute atomic E-state index is 0.0151. The summed E-state index contributed by atoms with van der Waals surface area (Å²) in [5, 5.41) is 10.5. The van der Waals surface area contributed by atoms with Crippen molar-refractivity contribution in [3.8, 4) is 5.75 Å². The predicted octanol–water partition coefficient (Wildman–Crippen LogP) is 4.23. The molecule has 0 spiro atoms. The van der Waals surface area contributed by atoms with Gasteiger partial charge in [-0.3, -0.25) is 9.69 Å². The van der Waals surface area contributed by atoms with E-state index in [2.05, 4.69) is 36.1 Å². The van der Waals surface area contributed by atoms with Crippen molar-refractivity contribution in [1.82, 2.24) is 4.90 Å². The van der Waals surface area contributed by atoms with Gasteiger partial charge < -0.3 is 14.3 Å². The number of furan rings is 1. The molecule has 0 saturated carbocycles. The highest BCUT2D eigenvalue weighted by Crippen LogP contribution is 2.15. The third-order valence-electron chi connectivity index (χ3n) is 4.66. The van der Waals surface area contributed by atoms with Gasteiger partial charge in [0.05, 0.1) is 12.8 Å². The molecule has 0 bridgehead atoms. The normalized spacial score (nSPS) is 12.1. The van der Waals surface area contributed by atoms with Gasteiger partial charge in [0, 0.05) is 18.7 Å². The number of ether oxygens (including phenoxy) is 1. The van der Waals surface area contributed by atoms with Crippen molar-refractivity contribution in [2.75, 3.05) is 13.2 Å². The zero-order valence-electron chi connectivity index (χ0n) is 16.9. The van der Waals surface area contributed by atoms with E-state index in [0.717, 1.165) is 5.76 Å². The van der Waals surface area contributed by atoms with Crippen LogP contribution in [0.4, 0.5) is 0 Å². The monoisotopic (exact) mass is 393 g/mol. The number of ketones is 1. The first-order chi connectivity index (χ1) is 14.0. The molecule has 5 heteroatoms.